The Morgan fingerprint density at radius 1 is 0.554 bits per heavy atom. The number of carbonyl (C=O) groups excluding carboxylic acids is 4. The highest BCUT2D eigenvalue weighted by Crippen LogP contribution is 2.34. The van der Waals surface area contributed by atoms with Crippen molar-refractivity contribution in [2.75, 3.05) is 51.9 Å². The third kappa shape index (κ3) is 8.11. The molecule has 4 atom stereocenters. The van der Waals surface area contributed by atoms with Gasteiger partial charge in [-0.25, -0.2) is 0 Å². The van der Waals surface area contributed by atoms with Crippen molar-refractivity contribution in [3.05, 3.63) is 131 Å². The van der Waals surface area contributed by atoms with Crippen LogP contribution in [0.15, 0.2) is 109 Å². The van der Waals surface area contributed by atoms with Crippen LogP contribution in [0.3, 0.4) is 0 Å². The van der Waals surface area contributed by atoms with E-state index in [9.17, 15) is 19.2 Å². The zero-order valence-electron chi connectivity index (χ0n) is 33.2. The van der Waals surface area contributed by atoms with Crippen molar-refractivity contribution >= 4 is 35.0 Å². The number of hydrogen-bond donors (Lipinski definition) is 2. The third-order valence-corrected chi connectivity index (χ3v) is 11.6. The lowest BCUT2D eigenvalue weighted by molar-refractivity contribution is -0.146. The fourth-order valence-corrected chi connectivity index (χ4v) is 7.66. The van der Waals surface area contributed by atoms with Crippen LogP contribution in [-0.2, 0) is 30.3 Å². The van der Waals surface area contributed by atoms with Crippen LogP contribution >= 0.6 is 0 Å². The summed E-state index contributed by atoms with van der Waals surface area (Å²) >= 11 is 0. The van der Waals surface area contributed by atoms with Crippen molar-refractivity contribution in [2.24, 2.45) is 0 Å². The SMILES string of the molecule is CN(C)C(C)(C(=O)N1CCC[C@H]1C(=O)Nc1ccc(C#Cc2ccc(NC(=O)[C@@H]3CCCN3C(=O)C(C)(c3ccccc3)N(C)C)cc2)cc1)c1ccccc1. The standard InChI is InChI=1S/C46H52N6O4/c1-45(49(3)4,35-15-9-7-10-16-35)43(55)51-31-13-19-39(51)41(53)47-37-27-23-33(24-28-37)21-22-34-25-29-38(30-26-34)48-42(54)40-20-14-32-52(40)44(56)46(2,50(5)6)36-17-11-8-12-18-36/h7-12,15-18,23-30,39-40H,13-14,19-20,31-32H2,1-6H3,(H,47,53)(H,48,54)/t39-,40-,45?,46?/m0/s1. The molecular weight excluding hydrogens is 701 g/mol. The molecule has 290 valence electrons. The molecule has 2 heterocycles. The smallest absolute Gasteiger partial charge is 0.248 e. The molecule has 0 aromatic heterocycles. The summed E-state index contributed by atoms with van der Waals surface area (Å²) in [6.07, 6.45) is 2.73. The van der Waals surface area contributed by atoms with Crippen LogP contribution in [0.4, 0.5) is 11.4 Å². The lowest BCUT2D eigenvalue weighted by atomic mass is 9.88. The minimum atomic E-state index is -0.907. The first kappa shape index (κ1) is 39.9. The maximum absolute atomic E-state index is 14.0. The van der Waals surface area contributed by atoms with Crippen molar-refractivity contribution in [1.82, 2.24) is 19.6 Å². The number of anilines is 2. The molecule has 0 bridgehead atoms. The van der Waals surface area contributed by atoms with Crippen molar-refractivity contribution in [3.63, 3.8) is 0 Å². The van der Waals surface area contributed by atoms with Gasteiger partial charge in [-0.3, -0.25) is 29.0 Å². The van der Waals surface area contributed by atoms with Crippen LogP contribution in [0, 0.1) is 11.8 Å². The van der Waals surface area contributed by atoms with Gasteiger partial charge < -0.3 is 20.4 Å². The van der Waals surface area contributed by atoms with E-state index in [-0.39, 0.29) is 23.6 Å². The van der Waals surface area contributed by atoms with Crippen LogP contribution in [0.2, 0.25) is 0 Å². The summed E-state index contributed by atoms with van der Waals surface area (Å²) < 4.78 is 0. The van der Waals surface area contributed by atoms with Gasteiger partial charge in [-0.15, -0.1) is 0 Å². The molecule has 0 aliphatic carbocycles. The molecule has 56 heavy (non-hydrogen) atoms. The molecule has 4 aromatic carbocycles. The van der Waals surface area contributed by atoms with E-state index in [0.29, 0.717) is 37.3 Å². The second-order valence-corrected chi connectivity index (χ2v) is 15.4. The van der Waals surface area contributed by atoms with E-state index in [2.05, 4.69) is 22.5 Å². The summed E-state index contributed by atoms with van der Waals surface area (Å²) in [5.74, 6) is 5.74. The van der Waals surface area contributed by atoms with Gasteiger partial charge in [-0.2, -0.15) is 0 Å². The van der Waals surface area contributed by atoms with Crippen molar-refractivity contribution in [3.8, 4) is 11.8 Å². The molecule has 2 unspecified atom stereocenters. The molecule has 4 amide bonds. The van der Waals surface area contributed by atoms with Gasteiger partial charge in [-0.05, 0) is 127 Å². The highest BCUT2D eigenvalue weighted by Gasteiger charge is 2.47. The number of rotatable bonds is 10. The van der Waals surface area contributed by atoms with Crippen molar-refractivity contribution < 1.29 is 19.2 Å². The fourth-order valence-electron chi connectivity index (χ4n) is 7.66. The van der Waals surface area contributed by atoms with Crippen molar-refractivity contribution in [2.45, 2.75) is 62.7 Å². The Bertz CT molecular complexity index is 1940. The Labute approximate surface area is 330 Å². The number of carbonyl (C=O) groups is 4. The molecule has 2 N–H and O–H groups in total. The Balaban J connectivity index is 1.05. The molecule has 10 nitrogen and oxygen atoms in total. The van der Waals surface area contributed by atoms with Gasteiger partial charge in [0.05, 0.1) is 0 Å². The predicted octanol–water partition coefficient (Wildman–Crippen LogP) is 5.90. The van der Waals surface area contributed by atoms with E-state index in [4.69, 9.17) is 0 Å². The first-order chi connectivity index (χ1) is 26.8. The summed E-state index contributed by atoms with van der Waals surface area (Å²) in [6, 6.07) is 32.9. The second-order valence-electron chi connectivity index (χ2n) is 15.4. The minimum absolute atomic E-state index is 0.0911. The van der Waals surface area contributed by atoms with Crippen LogP contribution in [0.1, 0.15) is 61.8 Å². The molecule has 2 aliphatic heterocycles. The summed E-state index contributed by atoms with van der Waals surface area (Å²) in [7, 11) is 7.55. The van der Waals surface area contributed by atoms with E-state index in [1.807, 2.05) is 161 Å². The van der Waals surface area contributed by atoms with E-state index in [0.717, 1.165) is 35.1 Å². The minimum Gasteiger partial charge on any atom is -0.329 e. The van der Waals surface area contributed by atoms with E-state index >= 15 is 0 Å². The summed E-state index contributed by atoms with van der Waals surface area (Å²) in [5.41, 5.74) is 2.76. The molecule has 2 aliphatic rings. The molecule has 2 saturated heterocycles. The maximum Gasteiger partial charge on any atom is 0.248 e. The third-order valence-electron chi connectivity index (χ3n) is 11.6. The number of likely N-dealkylation sites (N-methyl/N-ethyl adjacent to an activating group) is 2. The van der Waals surface area contributed by atoms with Crippen LogP contribution in [-0.4, -0.2) is 96.6 Å². The van der Waals surface area contributed by atoms with Gasteiger partial charge >= 0.3 is 0 Å². The average molecular weight is 753 g/mol. The van der Waals surface area contributed by atoms with Gasteiger partial charge in [-0.1, -0.05) is 72.5 Å². The quantitative estimate of drug-likeness (QED) is 0.196. The van der Waals surface area contributed by atoms with Gasteiger partial charge in [0, 0.05) is 35.6 Å². The van der Waals surface area contributed by atoms with Gasteiger partial charge in [0.15, 0.2) is 0 Å². The van der Waals surface area contributed by atoms with Crippen LogP contribution in [0.25, 0.3) is 0 Å². The van der Waals surface area contributed by atoms with Crippen LogP contribution in [0.5, 0.6) is 0 Å². The van der Waals surface area contributed by atoms with Crippen molar-refractivity contribution in [1.29, 1.82) is 0 Å². The zero-order chi connectivity index (χ0) is 40.0. The molecule has 0 saturated carbocycles. The molecule has 2 fully saturated rings. The molecule has 0 radical (unpaired) electrons. The molecular formula is C46H52N6O4. The highest BCUT2D eigenvalue weighted by atomic mass is 16.2. The lowest BCUT2D eigenvalue weighted by Crippen LogP contribution is -2.56. The predicted molar refractivity (Wildman–Crippen MR) is 221 cm³/mol. The van der Waals surface area contributed by atoms with Gasteiger partial charge in [0.25, 0.3) is 0 Å². The summed E-state index contributed by atoms with van der Waals surface area (Å²) in [4.78, 5) is 62.3. The average Bonchev–Trinajstić information content (AvgIpc) is 3.92. The number of benzene rings is 4. The Morgan fingerprint density at radius 2 is 0.893 bits per heavy atom. The monoisotopic (exact) mass is 752 g/mol. The maximum atomic E-state index is 14.0. The Kier molecular flexibility index (Phi) is 12.1. The molecule has 10 heteroatoms. The lowest BCUT2D eigenvalue weighted by Gasteiger charge is -2.40. The topological polar surface area (TPSA) is 105 Å². The van der Waals surface area contributed by atoms with E-state index in [1.165, 1.54) is 0 Å². The highest BCUT2D eigenvalue weighted by molar-refractivity contribution is 6.00. The van der Waals surface area contributed by atoms with Gasteiger partial charge in [0.1, 0.15) is 23.2 Å². The summed E-state index contributed by atoms with van der Waals surface area (Å²) in [6.45, 7) is 4.88. The number of hydrogen-bond acceptors (Lipinski definition) is 6. The normalized spacial score (nSPS) is 18.8. The largest absolute Gasteiger partial charge is 0.329 e. The molecule has 0 spiro atoms. The fraction of sp³-hybridized carbons (Fsp3) is 0.348. The molecule has 6 rings (SSSR count). The zero-order valence-corrected chi connectivity index (χ0v) is 33.2. The number of nitrogens with zero attached hydrogens (tertiary/aromatic N) is 4. The van der Waals surface area contributed by atoms with Gasteiger partial charge in [0.2, 0.25) is 23.6 Å². The van der Waals surface area contributed by atoms with Crippen LogP contribution < -0.4 is 10.6 Å². The number of amides is 4. The Morgan fingerprint density at radius 3 is 1.21 bits per heavy atom. The summed E-state index contributed by atoms with van der Waals surface area (Å²) in [5, 5.41) is 6.02. The van der Waals surface area contributed by atoms with E-state index in [1.54, 1.807) is 9.80 Å². The van der Waals surface area contributed by atoms with E-state index < -0.39 is 23.2 Å². The first-order valence-corrected chi connectivity index (χ1v) is 19.3. The number of likely N-dealkylation sites (tertiary alicyclic amines) is 2. The first-order valence-electron chi connectivity index (χ1n) is 19.3. The second kappa shape index (κ2) is 16.9. The number of nitrogens with one attached hydrogen (secondary N) is 2. The molecule has 4 aromatic rings. The Hall–Kier alpha value is -5.76.